The van der Waals surface area contributed by atoms with E-state index in [1.807, 2.05) is 0 Å². The predicted molar refractivity (Wildman–Crippen MR) is 235 cm³/mol. The Kier molecular flexibility index (Phi) is 18.4. The van der Waals surface area contributed by atoms with Crippen molar-refractivity contribution >= 4 is 46.4 Å². The zero-order valence-corrected chi connectivity index (χ0v) is 37.9. The van der Waals surface area contributed by atoms with E-state index < -0.39 is 29.5 Å². The molecular formula is C45H68F3N9O7. The number of nitrogens with one attached hydrogen (secondary N) is 6. The van der Waals surface area contributed by atoms with Crippen LogP contribution in [-0.4, -0.2) is 120 Å². The van der Waals surface area contributed by atoms with Crippen molar-refractivity contribution in [3.05, 3.63) is 30.1 Å². The van der Waals surface area contributed by atoms with E-state index in [1.165, 1.54) is 12.4 Å². The maximum atomic E-state index is 13.9. The van der Waals surface area contributed by atoms with Gasteiger partial charge in [-0.2, -0.15) is 13.2 Å². The normalized spacial score (nSPS) is 22.9. The van der Waals surface area contributed by atoms with Gasteiger partial charge in [-0.3, -0.25) is 19.2 Å². The summed E-state index contributed by atoms with van der Waals surface area (Å²) < 4.78 is 51.2. The van der Waals surface area contributed by atoms with E-state index in [0.29, 0.717) is 56.1 Å². The molecule has 0 bridgehead atoms. The Morgan fingerprint density at radius 1 is 0.859 bits per heavy atom. The van der Waals surface area contributed by atoms with Crippen LogP contribution in [0.15, 0.2) is 24.5 Å². The minimum atomic E-state index is -4.55. The van der Waals surface area contributed by atoms with Gasteiger partial charge in [0, 0.05) is 56.4 Å². The van der Waals surface area contributed by atoms with Crippen molar-refractivity contribution in [2.75, 3.05) is 44.7 Å². The highest BCUT2D eigenvalue weighted by Crippen LogP contribution is 2.34. The maximum Gasteiger partial charge on any atom is 0.416 e. The lowest BCUT2D eigenvalue weighted by Crippen LogP contribution is -2.58. The molecule has 0 radical (unpaired) electrons. The second-order valence-corrected chi connectivity index (χ2v) is 18.8. The third kappa shape index (κ3) is 16.0. The number of rotatable bonds is 20. The van der Waals surface area contributed by atoms with Crippen LogP contribution in [0, 0.1) is 11.8 Å². The van der Waals surface area contributed by atoms with Crippen LogP contribution in [0.4, 0.5) is 23.8 Å². The number of amides is 5. The van der Waals surface area contributed by atoms with E-state index in [1.54, 1.807) is 25.7 Å². The number of benzene rings is 1. The second kappa shape index (κ2) is 23.4. The predicted octanol–water partition coefficient (Wildman–Crippen LogP) is 5.21. The molecule has 356 valence electrons. The molecule has 5 amide bonds. The zero-order chi connectivity index (χ0) is 46.4. The molecule has 0 spiro atoms. The first-order chi connectivity index (χ1) is 30.3. The van der Waals surface area contributed by atoms with Gasteiger partial charge in [0.15, 0.2) is 0 Å². The van der Waals surface area contributed by atoms with Crippen LogP contribution in [0.3, 0.4) is 0 Å². The number of ether oxygens (including phenoxy) is 2. The summed E-state index contributed by atoms with van der Waals surface area (Å²) in [6.45, 7) is 12.2. The zero-order valence-electron chi connectivity index (χ0n) is 37.9. The largest absolute Gasteiger partial charge is 0.444 e. The van der Waals surface area contributed by atoms with Gasteiger partial charge in [0.1, 0.15) is 23.8 Å². The smallest absolute Gasteiger partial charge is 0.416 e. The van der Waals surface area contributed by atoms with E-state index in [0.717, 1.165) is 50.8 Å². The van der Waals surface area contributed by atoms with E-state index >= 15 is 0 Å². The number of anilines is 1. The van der Waals surface area contributed by atoms with Gasteiger partial charge in [0.05, 0.1) is 36.4 Å². The summed E-state index contributed by atoms with van der Waals surface area (Å²) in [5.41, 5.74) is -1.08. The summed E-state index contributed by atoms with van der Waals surface area (Å²) >= 11 is 0. The highest BCUT2D eigenvalue weighted by atomic mass is 19.4. The van der Waals surface area contributed by atoms with E-state index in [4.69, 9.17) is 9.47 Å². The number of aromatic nitrogens is 2. The minimum Gasteiger partial charge on any atom is -0.444 e. The fourth-order valence-electron chi connectivity index (χ4n) is 8.60. The van der Waals surface area contributed by atoms with Gasteiger partial charge in [0.25, 0.3) is 0 Å². The number of fused-ring (bicyclic) bond motifs is 1. The van der Waals surface area contributed by atoms with Crippen molar-refractivity contribution in [2.45, 2.75) is 154 Å². The van der Waals surface area contributed by atoms with Crippen molar-refractivity contribution in [1.29, 1.82) is 0 Å². The van der Waals surface area contributed by atoms with Crippen LogP contribution < -0.4 is 31.9 Å². The van der Waals surface area contributed by atoms with Gasteiger partial charge in [-0.15, -0.1) is 0 Å². The van der Waals surface area contributed by atoms with Gasteiger partial charge in [0.2, 0.25) is 23.6 Å². The molecule has 0 unspecified atom stereocenters. The summed E-state index contributed by atoms with van der Waals surface area (Å²) in [6.07, 6.45) is 2.99. The Labute approximate surface area is 374 Å². The lowest BCUT2D eigenvalue weighted by molar-refractivity contribution is -0.137. The van der Waals surface area contributed by atoms with Crippen LogP contribution in [0.2, 0.25) is 0 Å². The van der Waals surface area contributed by atoms with Crippen LogP contribution in [-0.2, 0) is 34.8 Å². The first kappa shape index (κ1) is 50.2. The van der Waals surface area contributed by atoms with Gasteiger partial charge in [-0.25, -0.2) is 14.8 Å². The van der Waals surface area contributed by atoms with E-state index in [9.17, 15) is 37.1 Å². The van der Waals surface area contributed by atoms with Gasteiger partial charge in [-0.1, -0.05) is 13.8 Å². The number of carbonyl (C=O) groups excluding carboxylic acids is 5. The summed E-state index contributed by atoms with van der Waals surface area (Å²) in [7, 11) is 0. The number of alkyl carbamates (subject to hydrolysis) is 1. The van der Waals surface area contributed by atoms with E-state index in [2.05, 4.69) is 55.7 Å². The average Bonchev–Trinajstić information content (AvgIpc) is 3.58. The fourth-order valence-corrected chi connectivity index (χ4v) is 8.60. The Morgan fingerprint density at radius 2 is 1.58 bits per heavy atom. The Bertz CT molecular complexity index is 1890. The van der Waals surface area contributed by atoms with Gasteiger partial charge in [-0.05, 0) is 115 Å². The number of alkyl halides is 3. The number of likely N-dealkylation sites (tertiary alicyclic amines) is 1. The number of nitrogens with zero attached hydrogens (tertiary/aromatic N) is 3. The summed E-state index contributed by atoms with van der Waals surface area (Å²) in [4.78, 5) is 74.3. The molecular weight excluding hydrogens is 836 g/mol. The van der Waals surface area contributed by atoms with E-state index in [-0.39, 0.29) is 98.0 Å². The molecule has 2 saturated carbocycles. The summed E-state index contributed by atoms with van der Waals surface area (Å²) in [5, 5.41) is 18.8. The van der Waals surface area contributed by atoms with Crippen molar-refractivity contribution in [2.24, 2.45) is 11.8 Å². The summed E-state index contributed by atoms with van der Waals surface area (Å²) in [5.74, 6) is 0.313. The average molecular weight is 904 g/mol. The Hall–Kier alpha value is -4.78. The quantitative estimate of drug-likeness (QED) is 0.0953. The summed E-state index contributed by atoms with van der Waals surface area (Å²) in [6, 6.07) is 2.13. The van der Waals surface area contributed by atoms with Crippen LogP contribution >= 0.6 is 0 Å². The number of carbonyl (C=O) groups is 5. The SMILES string of the molecule is CC(C)CN[C@@H]1CC[C@H](N2CC[C@H](Nc3ncnc4ccc(C(F)(F)F)cc34)C2=O)[C@H](NC(=O)CCCC(=O)NC2CCC(CNC(=O)CCOCCNC(=O)OC(C)(C)C)CC2)C1. The molecule has 2 aromatic rings. The molecule has 4 atom stereocenters. The van der Waals surface area contributed by atoms with Gasteiger partial charge >= 0.3 is 12.3 Å². The highest BCUT2D eigenvalue weighted by Gasteiger charge is 2.42. The molecule has 3 aliphatic rings. The molecule has 6 N–H and O–H groups in total. The molecule has 1 saturated heterocycles. The van der Waals surface area contributed by atoms with Crippen molar-refractivity contribution in [1.82, 2.24) is 41.5 Å². The number of hydrogen-bond donors (Lipinski definition) is 6. The third-order valence-electron chi connectivity index (χ3n) is 11.9. The topological polar surface area (TPSA) is 205 Å². The van der Waals surface area contributed by atoms with Crippen LogP contribution in [0.5, 0.6) is 0 Å². The first-order valence-electron chi connectivity index (χ1n) is 22.9. The molecule has 3 fully saturated rings. The molecule has 16 nitrogen and oxygen atoms in total. The molecule has 1 aromatic carbocycles. The third-order valence-corrected chi connectivity index (χ3v) is 11.9. The standard InChI is InChI=1S/C45H68F3N9O7/c1-28(2)25-50-32-14-16-37(57-20-17-35(42(57)61)56-41-33-23-30(45(46,47)48)11-15-34(33)52-27-53-41)36(24-32)55-40(60)8-6-7-39(59)54-31-12-9-29(10-13-31)26-51-38(58)18-21-63-22-19-49-43(62)64-44(3,4)5/h11,15,23,27-29,31-32,35-37,50H,6-10,12-14,16-22,24-26H2,1-5H3,(H,49,62)(H,51,58)(H,54,59)(H,55,60)(H,52,53,56)/t29?,31?,32-,35+,36-,37+/m1/s1. The number of halogens is 3. The molecule has 5 rings (SSSR count). The van der Waals surface area contributed by atoms with Crippen molar-refractivity contribution in [3.63, 3.8) is 0 Å². The van der Waals surface area contributed by atoms with Crippen LogP contribution in [0.25, 0.3) is 10.9 Å². The lowest BCUT2D eigenvalue weighted by Gasteiger charge is -2.42. The molecule has 1 aliphatic heterocycles. The van der Waals surface area contributed by atoms with Gasteiger partial charge < -0.3 is 46.3 Å². The molecule has 2 heterocycles. The monoisotopic (exact) mass is 904 g/mol. The second-order valence-electron chi connectivity index (χ2n) is 18.8. The molecule has 19 heteroatoms. The Balaban J connectivity index is 1.02. The molecule has 2 aliphatic carbocycles. The lowest BCUT2D eigenvalue weighted by atomic mass is 9.85. The van der Waals surface area contributed by atoms with Crippen molar-refractivity contribution in [3.8, 4) is 0 Å². The molecule has 64 heavy (non-hydrogen) atoms. The highest BCUT2D eigenvalue weighted by molar-refractivity contribution is 5.93. The first-order valence-corrected chi connectivity index (χ1v) is 22.9. The minimum absolute atomic E-state index is 0.0379. The fraction of sp³-hybridized carbons (Fsp3) is 0.711. The Morgan fingerprint density at radius 3 is 2.28 bits per heavy atom. The molecule has 1 aromatic heterocycles. The van der Waals surface area contributed by atoms with Crippen LogP contribution in [0.1, 0.15) is 117 Å². The maximum absolute atomic E-state index is 13.9. The van der Waals surface area contributed by atoms with Crippen molar-refractivity contribution < 1.29 is 46.6 Å². The number of hydrogen-bond acceptors (Lipinski definition) is 11.